The van der Waals surface area contributed by atoms with Crippen molar-refractivity contribution in [3.63, 3.8) is 0 Å². The Kier molecular flexibility index (Phi) is 4.04. The number of thioether (sulfide) groups is 1. The fourth-order valence-electron chi connectivity index (χ4n) is 0.798. The second-order valence-corrected chi connectivity index (χ2v) is 4.85. The zero-order valence-corrected chi connectivity index (χ0v) is 9.64. The highest BCUT2D eigenvalue weighted by molar-refractivity contribution is 8.00. The largest absolute Gasteiger partial charge is 0.397 e. The van der Waals surface area contributed by atoms with E-state index in [4.69, 9.17) is 17.3 Å². The lowest BCUT2D eigenvalue weighted by molar-refractivity contribution is 0.196. The normalized spacial score (nSPS) is 15.1. The van der Waals surface area contributed by atoms with Gasteiger partial charge in [-0.25, -0.2) is 4.98 Å². The number of nitrogen functional groups attached to an aromatic ring is 1. The van der Waals surface area contributed by atoms with Gasteiger partial charge in [-0.05, 0) is 19.1 Å². The van der Waals surface area contributed by atoms with E-state index in [0.717, 1.165) is 0 Å². The van der Waals surface area contributed by atoms with E-state index >= 15 is 0 Å². The van der Waals surface area contributed by atoms with E-state index in [0.29, 0.717) is 15.9 Å². The Hall–Kier alpha value is -0.450. The van der Waals surface area contributed by atoms with E-state index in [2.05, 4.69) is 4.98 Å². The summed E-state index contributed by atoms with van der Waals surface area (Å²) < 4.78 is 0. The van der Waals surface area contributed by atoms with Gasteiger partial charge in [-0.1, -0.05) is 30.3 Å². The summed E-state index contributed by atoms with van der Waals surface area (Å²) in [5.74, 6) is 0. The third kappa shape index (κ3) is 3.04. The summed E-state index contributed by atoms with van der Waals surface area (Å²) in [6.07, 6.45) is -0.403. The van der Waals surface area contributed by atoms with Gasteiger partial charge in [0.25, 0.3) is 0 Å². The second kappa shape index (κ2) is 4.87. The summed E-state index contributed by atoms with van der Waals surface area (Å²) in [5.41, 5.74) is 6.30. The Bertz CT molecular complexity index is 320. The highest BCUT2D eigenvalue weighted by Gasteiger charge is 2.13. The summed E-state index contributed by atoms with van der Waals surface area (Å²) in [4.78, 5) is 4.09. The minimum Gasteiger partial charge on any atom is -0.397 e. The van der Waals surface area contributed by atoms with Crippen LogP contribution in [0.25, 0.3) is 0 Å². The number of hydrogen-bond donors (Lipinski definition) is 2. The number of pyridine rings is 1. The van der Waals surface area contributed by atoms with Crippen molar-refractivity contribution in [2.75, 3.05) is 5.73 Å². The Morgan fingerprint density at radius 2 is 2.14 bits per heavy atom. The van der Waals surface area contributed by atoms with Crippen LogP contribution in [-0.2, 0) is 0 Å². The summed E-state index contributed by atoms with van der Waals surface area (Å²) >= 11 is 7.16. The average molecular weight is 233 g/mol. The Morgan fingerprint density at radius 1 is 1.50 bits per heavy atom. The van der Waals surface area contributed by atoms with Crippen LogP contribution < -0.4 is 5.73 Å². The molecule has 0 aliphatic heterocycles. The zero-order chi connectivity index (χ0) is 10.7. The van der Waals surface area contributed by atoms with Crippen molar-refractivity contribution < 1.29 is 5.11 Å². The molecular formula is C9H13ClN2OS. The maximum Gasteiger partial charge on any atom is 0.130 e. The molecule has 0 saturated heterocycles. The van der Waals surface area contributed by atoms with Crippen LogP contribution in [0.15, 0.2) is 17.2 Å². The number of rotatable bonds is 3. The molecule has 0 spiro atoms. The third-order valence-electron chi connectivity index (χ3n) is 1.83. The van der Waals surface area contributed by atoms with Crippen molar-refractivity contribution in [3.05, 3.63) is 17.3 Å². The number of halogens is 1. The molecule has 0 saturated carbocycles. The van der Waals surface area contributed by atoms with Crippen LogP contribution in [0.4, 0.5) is 5.69 Å². The van der Waals surface area contributed by atoms with Crippen LogP contribution in [-0.4, -0.2) is 21.4 Å². The molecule has 5 heteroatoms. The molecule has 0 aromatic carbocycles. The molecule has 2 unspecified atom stereocenters. The van der Waals surface area contributed by atoms with E-state index < -0.39 is 6.10 Å². The first-order valence-electron chi connectivity index (χ1n) is 4.27. The first-order chi connectivity index (χ1) is 6.50. The number of aliphatic hydroxyl groups excluding tert-OH is 1. The monoisotopic (exact) mass is 232 g/mol. The van der Waals surface area contributed by atoms with Gasteiger partial charge < -0.3 is 10.8 Å². The molecule has 1 aromatic rings. The minimum absolute atomic E-state index is 0.0447. The Morgan fingerprint density at radius 3 is 2.71 bits per heavy atom. The van der Waals surface area contributed by atoms with E-state index in [1.54, 1.807) is 19.1 Å². The molecule has 0 bridgehead atoms. The van der Waals surface area contributed by atoms with Crippen LogP contribution in [0.5, 0.6) is 0 Å². The Labute approximate surface area is 92.7 Å². The van der Waals surface area contributed by atoms with Crippen molar-refractivity contribution in [3.8, 4) is 0 Å². The molecule has 0 aliphatic rings. The van der Waals surface area contributed by atoms with Crippen LogP contribution in [0.2, 0.25) is 5.15 Å². The van der Waals surface area contributed by atoms with Crippen LogP contribution >= 0.6 is 23.4 Å². The predicted octanol–water partition coefficient (Wildman–Crippen LogP) is 2.18. The molecule has 0 amide bonds. The molecule has 0 aliphatic carbocycles. The second-order valence-electron chi connectivity index (χ2n) is 3.09. The molecule has 3 nitrogen and oxygen atoms in total. The smallest absolute Gasteiger partial charge is 0.130 e. The van der Waals surface area contributed by atoms with Crippen molar-refractivity contribution in [1.82, 2.24) is 4.98 Å². The lowest BCUT2D eigenvalue weighted by Crippen LogP contribution is -2.15. The summed E-state index contributed by atoms with van der Waals surface area (Å²) in [7, 11) is 0. The lowest BCUT2D eigenvalue weighted by atomic mass is 10.3. The highest BCUT2D eigenvalue weighted by Crippen LogP contribution is 2.29. The summed E-state index contributed by atoms with van der Waals surface area (Å²) in [5, 5.41) is 10.5. The molecule has 1 aromatic heterocycles. The molecule has 1 heterocycles. The van der Waals surface area contributed by atoms with Gasteiger partial charge in [0.1, 0.15) is 10.2 Å². The van der Waals surface area contributed by atoms with Gasteiger partial charge in [-0.15, -0.1) is 0 Å². The van der Waals surface area contributed by atoms with Gasteiger partial charge in [0.15, 0.2) is 0 Å². The van der Waals surface area contributed by atoms with Gasteiger partial charge in [-0.2, -0.15) is 0 Å². The number of anilines is 1. The average Bonchev–Trinajstić information content (AvgIpc) is 2.11. The maximum absolute atomic E-state index is 9.32. The topological polar surface area (TPSA) is 59.1 Å². The zero-order valence-electron chi connectivity index (χ0n) is 8.07. The number of nitrogens with two attached hydrogens (primary N) is 1. The van der Waals surface area contributed by atoms with E-state index in [1.807, 2.05) is 6.92 Å². The minimum atomic E-state index is -0.403. The van der Waals surface area contributed by atoms with Crippen molar-refractivity contribution in [2.45, 2.75) is 30.2 Å². The molecule has 0 fully saturated rings. The molecule has 14 heavy (non-hydrogen) atoms. The Balaban J connectivity index is 2.80. The first-order valence-corrected chi connectivity index (χ1v) is 5.53. The molecule has 2 atom stereocenters. The predicted molar refractivity (Wildman–Crippen MR) is 60.7 cm³/mol. The number of aliphatic hydroxyl groups is 1. The summed E-state index contributed by atoms with van der Waals surface area (Å²) in [6, 6.07) is 3.36. The van der Waals surface area contributed by atoms with Gasteiger partial charge in [0, 0.05) is 5.25 Å². The van der Waals surface area contributed by atoms with Crippen molar-refractivity contribution in [2.24, 2.45) is 0 Å². The molecule has 1 rings (SSSR count). The third-order valence-corrected chi connectivity index (χ3v) is 3.36. The van der Waals surface area contributed by atoms with Crippen LogP contribution in [0.1, 0.15) is 13.8 Å². The lowest BCUT2D eigenvalue weighted by Gasteiger charge is -2.14. The molecule has 3 N–H and O–H groups in total. The highest BCUT2D eigenvalue weighted by atomic mass is 35.5. The number of aromatic nitrogens is 1. The van der Waals surface area contributed by atoms with Crippen LogP contribution in [0.3, 0.4) is 0 Å². The number of hydrogen-bond acceptors (Lipinski definition) is 4. The standard InChI is InChI=1S/C9H13ClN2OS/c1-5(13)6(2)14-9-7(11)3-4-8(10)12-9/h3-6,13H,11H2,1-2H3. The first kappa shape index (κ1) is 11.6. The van der Waals surface area contributed by atoms with Gasteiger partial charge in [-0.3, -0.25) is 0 Å². The van der Waals surface area contributed by atoms with Gasteiger partial charge >= 0.3 is 0 Å². The molecule has 78 valence electrons. The molecular weight excluding hydrogens is 220 g/mol. The number of nitrogens with zero attached hydrogens (tertiary/aromatic N) is 1. The fraction of sp³-hybridized carbons (Fsp3) is 0.444. The van der Waals surface area contributed by atoms with E-state index in [-0.39, 0.29) is 5.25 Å². The van der Waals surface area contributed by atoms with Gasteiger partial charge in [0.2, 0.25) is 0 Å². The maximum atomic E-state index is 9.32. The summed E-state index contributed by atoms with van der Waals surface area (Å²) in [6.45, 7) is 3.65. The van der Waals surface area contributed by atoms with Gasteiger partial charge in [0.05, 0.1) is 11.8 Å². The molecule has 0 radical (unpaired) electrons. The quantitative estimate of drug-likeness (QED) is 0.620. The SMILES string of the molecule is CC(O)C(C)Sc1nc(Cl)ccc1N. The van der Waals surface area contributed by atoms with Crippen molar-refractivity contribution >= 4 is 29.1 Å². The van der Waals surface area contributed by atoms with E-state index in [9.17, 15) is 5.11 Å². The van der Waals surface area contributed by atoms with Crippen LogP contribution in [0, 0.1) is 0 Å². The van der Waals surface area contributed by atoms with E-state index in [1.165, 1.54) is 11.8 Å². The van der Waals surface area contributed by atoms with Crippen molar-refractivity contribution in [1.29, 1.82) is 0 Å². The fourth-order valence-corrected chi connectivity index (χ4v) is 1.90.